The number of hydrogen-bond donors (Lipinski definition) is 0. The van der Waals surface area contributed by atoms with Gasteiger partial charge in [-0.1, -0.05) is 133 Å². The lowest BCUT2D eigenvalue weighted by Crippen LogP contribution is -2.67. The van der Waals surface area contributed by atoms with Crippen LogP contribution in [0.25, 0.3) is 12.2 Å². The number of benzene rings is 4. The molecule has 0 amide bonds. The van der Waals surface area contributed by atoms with Crippen molar-refractivity contribution in [1.82, 2.24) is 0 Å². The molecule has 1 aliphatic rings. The van der Waals surface area contributed by atoms with Crippen molar-refractivity contribution < 1.29 is 0 Å². The summed E-state index contributed by atoms with van der Waals surface area (Å²) in [6.45, 7) is 0. The molecule has 0 aromatic heterocycles. The molecule has 138 valence electrons. The minimum Gasteiger partial charge on any atom is -0.0623 e. The Bertz CT molecular complexity index is 1130. The van der Waals surface area contributed by atoms with Crippen LogP contribution in [0, 0.1) is 0 Å². The van der Waals surface area contributed by atoms with Crippen LogP contribution in [0.5, 0.6) is 0 Å². The predicted molar refractivity (Wildman–Crippen MR) is 127 cm³/mol. The van der Waals surface area contributed by atoms with Gasteiger partial charge >= 0.3 is 0 Å². The first-order valence-corrected chi connectivity index (χ1v) is 12.0. The molecule has 29 heavy (non-hydrogen) atoms. The SMILES string of the molecule is C1=C(/C=C/c2ccccc2)[Si](c2ccccc2)(c2ccccc2)c2ccccc21. The smallest absolute Gasteiger partial charge is 0.0623 e. The summed E-state index contributed by atoms with van der Waals surface area (Å²) in [7, 11) is -2.31. The zero-order chi connectivity index (χ0) is 19.5. The highest BCUT2D eigenvalue weighted by Gasteiger charge is 2.46. The minimum absolute atomic E-state index is 1.23. The van der Waals surface area contributed by atoms with E-state index in [0.29, 0.717) is 0 Å². The average molecular weight is 387 g/mol. The molecular formula is C28H22Si. The zero-order valence-corrected chi connectivity index (χ0v) is 17.2. The second kappa shape index (κ2) is 7.54. The van der Waals surface area contributed by atoms with Crippen molar-refractivity contribution in [3.8, 4) is 0 Å². The molecule has 0 N–H and O–H groups in total. The van der Waals surface area contributed by atoms with Gasteiger partial charge in [-0.05, 0) is 31.9 Å². The Labute approximate surface area is 173 Å². The van der Waals surface area contributed by atoms with E-state index in [-0.39, 0.29) is 0 Å². The van der Waals surface area contributed by atoms with E-state index in [9.17, 15) is 0 Å². The van der Waals surface area contributed by atoms with Crippen LogP contribution < -0.4 is 15.6 Å². The van der Waals surface area contributed by atoms with Crippen molar-refractivity contribution in [2.24, 2.45) is 0 Å². The first-order chi connectivity index (χ1) is 14.4. The van der Waals surface area contributed by atoms with E-state index in [2.05, 4.69) is 133 Å². The van der Waals surface area contributed by atoms with Crippen LogP contribution in [0.1, 0.15) is 11.1 Å². The van der Waals surface area contributed by atoms with Gasteiger partial charge in [-0.3, -0.25) is 0 Å². The molecule has 4 aromatic carbocycles. The van der Waals surface area contributed by atoms with Crippen molar-refractivity contribution in [2.75, 3.05) is 0 Å². The molecule has 0 radical (unpaired) electrons. The molecule has 5 rings (SSSR count). The average Bonchev–Trinajstić information content (AvgIpc) is 3.14. The van der Waals surface area contributed by atoms with Crippen LogP contribution in [0.3, 0.4) is 0 Å². The summed E-state index contributed by atoms with van der Waals surface area (Å²) in [5.74, 6) is 0. The topological polar surface area (TPSA) is 0 Å². The maximum absolute atomic E-state index is 2.40. The van der Waals surface area contributed by atoms with Gasteiger partial charge in [-0.2, -0.15) is 0 Å². The van der Waals surface area contributed by atoms with Crippen molar-refractivity contribution in [1.29, 1.82) is 0 Å². The second-order valence-electron chi connectivity index (χ2n) is 7.41. The highest BCUT2D eigenvalue weighted by Crippen LogP contribution is 2.28. The summed E-state index contributed by atoms with van der Waals surface area (Å²) in [4.78, 5) is 0. The number of hydrogen-bond acceptors (Lipinski definition) is 0. The summed E-state index contributed by atoms with van der Waals surface area (Å²) < 4.78 is 0. The zero-order valence-electron chi connectivity index (χ0n) is 16.2. The second-order valence-corrected chi connectivity index (χ2v) is 11.2. The summed E-state index contributed by atoms with van der Waals surface area (Å²) >= 11 is 0. The Morgan fingerprint density at radius 3 is 1.62 bits per heavy atom. The third kappa shape index (κ3) is 3.00. The monoisotopic (exact) mass is 386 g/mol. The van der Waals surface area contributed by atoms with Gasteiger partial charge in [0.05, 0.1) is 0 Å². The fraction of sp³-hybridized carbons (Fsp3) is 0. The third-order valence-electron chi connectivity index (χ3n) is 5.78. The van der Waals surface area contributed by atoms with Crippen molar-refractivity contribution in [2.45, 2.75) is 0 Å². The number of allylic oxidation sites excluding steroid dienone is 2. The lowest BCUT2D eigenvalue weighted by molar-refractivity contribution is 1.65. The largest absolute Gasteiger partial charge is 0.180 e. The van der Waals surface area contributed by atoms with Crippen LogP contribution in [0.4, 0.5) is 0 Å². The summed E-state index contributed by atoms with van der Waals surface area (Å²) in [6.07, 6.45) is 7.01. The Morgan fingerprint density at radius 2 is 1.00 bits per heavy atom. The van der Waals surface area contributed by atoms with Crippen molar-refractivity contribution in [3.05, 3.63) is 138 Å². The van der Waals surface area contributed by atoms with Gasteiger partial charge in [0.2, 0.25) is 0 Å². The molecule has 4 aromatic rings. The van der Waals surface area contributed by atoms with Gasteiger partial charge in [0.1, 0.15) is 0 Å². The van der Waals surface area contributed by atoms with E-state index < -0.39 is 8.07 Å². The van der Waals surface area contributed by atoms with E-state index in [1.807, 2.05) is 0 Å². The van der Waals surface area contributed by atoms with Crippen LogP contribution >= 0.6 is 0 Å². The molecular weight excluding hydrogens is 364 g/mol. The van der Waals surface area contributed by atoms with E-state index in [0.717, 1.165) is 0 Å². The standard InChI is InChI=1S/C28H22Si/c1-4-12-23(13-5-1)20-21-27-22-24-14-10-11-19-28(24)29(27,25-15-6-2-7-16-25)26-17-8-3-9-18-26/h1-22H/b21-20+. The molecule has 0 fully saturated rings. The quantitative estimate of drug-likeness (QED) is 0.442. The normalized spacial score (nSPS) is 14.6. The molecule has 0 atom stereocenters. The fourth-order valence-electron chi connectivity index (χ4n) is 4.51. The molecule has 0 unspecified atom stereocenters. The van der Waals surface area contributed by atoms with Gasteiger partial charge in [-0.15, -0.1) is 0 Å². The van der Waals surface area contributed by atoms with Crippen molar-refractivity contribution >= 4 is 35.8 Å². The first-order valence-electron chi connectivity index (χ1n) is 10.0. The Balaban J connectivity index is 1.78. The van der Waals surface area contributed by atoms with Crippen LogP contribution in [0.15, 0.2) is 127 Å². The lowest BCUT2D eigenvalue weighted by Gasteiger charge is -2.32. The van der Waals surface area contributed by atoms with E-state index in [4.69, 9.17) is 0 Å². The molecule has 0 aliphatic carbocycles. The molecule has 0 bridgehead atoms. The van der Waals surface area contributed by atoms with E-state index >= 15 is 0 Å². The Kier molecular flexibility index (Phi) is 4.59. The minimum atomic E-state index is -2.31. The van der Waals surface area contributed by atoms with Gasteiger partial charge in [0.15, 0.2) is 8.07 Å². The van der Waals surface area contributed by atoms with Crippen LogP contribution in [-0.4, -0.2) is 8.07 Å². The number of fused-ring (bicyclic) bond motifs is 1. The van der Waals surface area contributed by atoms with Crippen molar-refractivity contribution in [3.63, 3.8) is 0 Å². The Hall–Kier alpha value is -3.42. The van der Waals surface area contributed by atoms with Gasteiger partial charge in [-0.25, -0.2) is 0 Å². The molecule has 0 saturated carbocycles. The summed E-state index contributed by atoms with van der Waals surface area (Å²) in [6, 6.07) is 41.7. The highest BCUT2D eigenvalue weighted by molar-refractivity contribution is 7.18. The summed E-state index contributed by atoms with van der Waals surface area (Å²) in [5.41, 5.74) is 2.58. The maximum Gasteiger partial charge on any atom is 0.180 e. The van der Waals surface area contributed by atoms with Crippen LogP contribution in [-0.2, 0) is 0 Å². The van der Waals surface area contributed by atoms with E-state index in [1.54, 1.807) is 0 Å². The molecule has 0 spiro atoms. The lowest BCUT2D eigenvalue weighted by atomic mass is 10.2. The summed E-state index contributed by atoms with van der Waals surface area (Å²) in [5, 5.41) is 5.77. The predicted octanol–water partition coefficient (Wildman–Crippen LogP) is 4.81. The van der Waals surface area contributed by atoms with Gasteiger partial charge < -0.3 is 0 Å². The van der Waals surface area contributed by atoms with Gasteiger partial charge in [0, 0.05) is 0 Å². The van der Waals surface area contributed by atoms with Crippen LogP contribution in [0.2, 0.25) is 0 Å². The van der Waals surface area contributed by atoms with Gasteiger partial charge in [0.25, 0.3) is 0 Å². The highest BCUT2D eigenvalue weighted by atomic mass is 28.3. The first kappa shape index (κ1) is 17.7. The molecule has 0 nitrogen and oxygen atoms in total. The fourth-order valence-corrected chi connectivity index (χ4v) is 9.46. The van der Waals surface area contributed by atoms with E-state index in [1.165, 1.54) is 31.9 Å². The molecule has 1 aliphatic heterocycles. The molecule has 1 heteroatoms. The molecule has 1 heterocycles. The molecule has 0 saturated heterocycles. The maximum atomic E-state index is 2.40. The number of rotatable bonds is 4. The Morgan fingerprint density at radius 1 is 0.483 bits per heavy atom. The third-order valence-corrected chi connectivity index (χ3v) is 10.6.